The number of hydrogen-bond donors (Lipinski definition) is 1. The number of nitrogens with one attached hydrogen (secondary N) is 1. The van der Waals surface area contributed by atoms with Gasteiger partial charge in [-0.05, 0) is 49.6 Å². The Labute approximate surface area is 137 Å². The van der Waals surface area contributed by atoms with E-state index < -0.39 is 0 Å². The van der Waals surface area contributed by atoms with Crippen LogP contribution in [-0.4, -0.2) is 36.4 Å². The fourth-order valence-electron chi connectivity index (χ4n) is 2.96. The minimum atomic E-state index is 0.470. The average Bonchev–Trinajstić information content (AvgIpc) is 2.61. The highest BCUT2D eigenvalue weighted by molar-refractivity contribution is 5.38. The maximum atomic E-state index is 5.28. The number of benzene rings is 1. The molecule has 0 spiro atoms. The van der Waals surface area contributed by atoms with Crippen LogP contribution in [0.4, 0.5) is 5.82 Å². The molecule has 5 heteroatoms. The van der Waals surface area contributed by atoms with Crippen LogP contribution in [0.1, 0.15) is 24.1 Å². The molecule has 1 saturated heterocycles. The van der Waals surface area contributed by atoms with E-state index >= 15 is 0 Å². The number of anilines is 1. The zero-order valence-electron chi connectivity index (χ0n) is 13.8. The largest absolute Gasteiger partial charge is 0.497 e. The second-order valence-corrected chi connectivity index (χ2v) is 6.05. The highest BCUT2D eigenvalue weighted by atomic mass is 16.5. The van der Waals surface area contributed by atoms with Gasteiger partial charge in [-0.2, -0.15) is 5.10 Å². The highest BCUT2D eigenvalue weighted by Crippen LogP contribution is 2.18. The van der Waals surface area contributed by atoms with E-state index in [1.807, 2.05) is 25.1 Å². The van der Waals surface area contributed by atoms with Gasteiger partial charge in [-0.3, -0.25) is 0 Å². The number of aryl methyl sites for hydroxylation is 1. The third kappa shape index (κ3) is 4.20. The van der Waals surface area contributed by atoms with E-state index in [0.29, 0.717) is 6.04 Å². The fraction of sp³-hybridized carbons (Fsp3) is 0.444. The first-order chi connectivity index (χ1) is 11.2. The van der Waals surface area contributed by atoms with Crippen LogP contribution in [0, 0.1) is 6.92 Å². The standard InChI is InChI=1S/C18H24N4O/c1-14-8-9-18(21-20-14)22-10-4-6-16(13-22)19-12-15-5-3-7-17(11-15)23-2/h3,5,7-9,11,16,19H,4,6,10,12-13H2,1-2H3/t16-/m1/s1. The van der Waals surface area contributed by atoms with Crippen molar-refractivity contribution in [3.8, 4) is 5.75 Å². The lowest BCUT2D eigenvalue weighted by Crippen LogP contribution is -2.45. The van der Waals surface area contributed by atoms with Crippen molar-refractivity contribution in [2.24, 2.45) is 0 Å². The molecule has 2 heterocycles. The molecule has 1 aliphatic rings. The molecule has 1 atom stereocenters. The molecule has 0 radical (unpaired) electrons. The number of piperidine rings is 1. The lowest BCUT2D eigenvalue weighted by Gasteiger charge is -2.33. The van der Waals surface area contributed by atoms with Gasteiger partial charge in [0.15, 0.2) is 5.82 Å². The maximum Gasteiger partial charge on any atom is 0.151 e. The van der Waals surface area contributed by atoms with Gasteiger partial charge in [0.1, 0.15) is 5.75 Å². The Morgan fingerprint density at radius 1 is 1.26 bits per heavy atom. The predicted octanol–water partition coefficient (Wildman–Crippen LogP) is 2.55. The van der Waals surface area contributed by atoms with Gasteiger partial charge in [-0.25, -0.2) is 0 Å². The molecular formula is C18H24N4O. The third-order valence-corrected chi connectivity index (χ3v) is 4.26. The molecule has 0 amide bonds. The summed E-state index contributed by atoms with van der Waals surface area (Å²) in [5, 5.41) is 12.1. The molecule has 1 aromatic carbocycles. The zero-order valence-corrected chi connectivity index (χ0v) is 13.8. The number of aromatic nitrogens is 2. The molecule has 2 aromatic rings. The second-order valence-electron chi connectivity index (χ2n) is 6.05. The van der Waals surface area contributed by atoms with Crippen molar-refractivity contribution in [3.05, 3.63) is 47.7 Å². The van der Waals surface area contributed by atoms with E-state index in [-0.39, 0.29) is 0 Å². The molecule has 0 unspecified atom stereocenters. The van der Waals surface area contributed by atoms with Crippen molar-refractivity contribution in [3.63, 3.8) is 0 Å². The topological polar surface area (TPSA) is 50.3 Å². The first-order valence-electron chi connectivity index (χ1n) is 8.16. The van der Waals surface area contributed by atoms with Gasteiger partial charge in [-0.15, -0.1) is 5.10 Å². The normalized spacial score (nSPS) is 18.0. The van der Waals surface area contributed by atoms with Crippen LogP contribution in [0.5, 0.6) is 5.75 Å². The van der Waals surface area contributed by atoms with Crippen molar-refractivity contribution in [1.82, 2.24) is 15.5 Å². The SMILES string of the molecule is COc1cccc(CN[C@@H]2CCCN(c3ccc(C)nn3)C2)c1. The quantitative estimate of drug-likeness (QED) is 0.919. The smallest absolute Gasteiger partial charge is 0.151 e. The zero-order chi connectivity index (χ0) is 16.1. The van der Waals surface area contributed by atoms with Crippen molar-refractivity contribution < 1.29 is 4.74 Å². The Balaban J connectivity index is 1.57. The van der Waals surface area contributed by atoms with Gasteiger partial charge in [0.25, 0.3) is 0 Å². The fourth-order valence-corrected chi connectivity index (χ4v) is 2.96. The Bertz CT molecular complexity index is 629. The van der Waals surface area contributed by atoms with Gasteiger partial charge < -0.3 is 15.0 Å². The Kier molecular flexibility index (Phi) is 5.08. The van der Waals surface area contributed by atoms with Crippen molar-refractivity contribution in [2.45, 2.75) is 32.4 Å². The number of ether oxygens (including phenoxy) is 1. The predicted molar refractivity (Wildman–Crippen MR) is 91.8 cm³/mol. The molecule has 0 bridgehead atoms. The van der Waals surface area contributed by atoms with E-state index in [1.165, 1.54) is 18.4 Å². The summed E-state index contributed by atoms with van der Waals surface area (Å²) >= 11 is 0. The van der Waals surface area contributed by atoms with Crippen LogP contribution in [0.15, 0.2) is 36.4 Å². The first-order valence-corrected chi connectivity index (χ1v) is 8.16. The summed E-state index contributed by atoms with van der Waals surface area (Å²) in [4.78, 5) is 2.32. The summed E-state index contributed by atoms with van der Waals surface area (Å²) in [5.41, 5.74) is 2.20. The van der Waals surface area contributed by atoms with E-state index in [9.17, 15) is 0 Å². The number of rotatable bonds is 5. The van der Waals surface area contributed by atoms with Crippen LogP contribution in [-0.2, 0) is 6.54 Å². The Hall–Kier alpha value is -2.14. The van der Waals surface area contributed by atoms with Crippen LogP contribution in [0.25, 0.3) is 0 Å². The van der Waals surface area contributed by atoms with E-state index in [4.69, 9.17) is 4.74 Å². The molecular weight excluding hydrogens is 288 g/mol. The van der Waals surface area contributed by atoms with Crippen LogP contribution >= 0.6 is 0 Å². The van der Waals surface area contributed by atoms with Gasteiger partial charge in [-0.1, -0.05) is 12.1 Å². The molecule has 1 fully saturated rings. The summed E-state index contributed by atoms with van der Waals surface area (Å²) in [5.74, 6) is 1.88. The average molecular weight is 312 g/mol. The van der Waals surface area contributed by atoms with Crippen LogP contribution in [0.3, 0.4) is 0 Å². The minimum Gasteiger partial charge on any atom is -0.497 e. The summed E-state index contributed by atoms with van der Waals surface area (Å²) in [6.07, 6.45) is 2.37. The Morgan fingerprint density at radius 2 is 2.17 bits per heavy atom. The molecule has 122 valence electrons. The second kappa shape index (κ2) is 7.42. The van der Waals surface area contributed by atoms with Crippen molar-refractivity contribution in [1.29, 1.82) is 0 Å². The van der Waals surface area contributed by atoms with Crippen LogP contribution in [0.2, 0.25) is 0 Å². The summed E-state index contributed by atoms with van der Waals surface area (Å²) in [6.45, 7) is 4.84. The summed E-state index contributed by atoms with van der Waals surface area (Å²) < 4.78 is 5.28. The van der Waals surface area contributed by atoms with E-state index in [2.05, 4.69) is 38.6 Å². The molecule has 1 N–H and O–H groups in total. The number of nitrogens with zero attached hydrogens (tertiary/aromatic N) is 3. The summed E-state index contributed by atoms with van der Waals surface area (Å²) in [6, 6.07) is 12.8. The molecule has 1 aromatic heterocycles. The van der Waals surface area contributed by atoms with Crippen molar-refractivity contribution >= 4 is 5.82 Å². The first kappa shape index (κ1) is 15.7. The van der Waals surface area contributed by atoms with Gasteiger partial charge in [0.2, 0.25) is 0 Å². The maximum absolute atomic E-state index is 5.28. The number of methoxy groups -OCH3 is 1. The minimum absolute atomic E-state index is 0.470. The lowest BCUT2D eigenvalue weighted by atomic mass is 10.1. The van der Waals surface area contributed by atoms with Crippen molar-refractivity contribution in [2.75, 3.05) is 25.1 Å². The van der Waals surface area contributed by atoms with Crippen LogP contribution < -0.4 is 15.0 Å². The molecule has 23 heavy (non-hydrogen) atoms. The molecule has 0 aliphatic carbocycles. The monoisotopic (exact) mass is 312 g/mol. The van der Waals surface area contributed by atoms with E-state index in [0.717, 1.165) is 36.9 Å². The molecule has 3 rings (SSSR count). The third-order valence-electron chi connectivity index (χ3n) is 4.26. The van der Waals surface area contributed by atoms with E-state index in [1.54, 1.807) is 7.11 Å². The Morgan fingerprint density at radius 3 is 2.96 bits per heavy atom. The van der Waals surface area contributed by atoms with Gasteiger partial charge >= 0.3 is 0 Å². The number of hydrogen-bond acceptors (Lipinski definition) is 5. The lowest BCUT2D eigenvalue weighted by molar-refractivity contribution is 0.409. The molecule has 5 nitrogen and oxygen atoms in total. The summed E-state index contributed by atoms with van der Waals surface area (Å²) in [7, 11) is 1.70. The molecule has 1 aliphatic heterocycles. The highest BCUT2D eigenvalue weighted by Gasteiger charge is 2.20. The molecule has 0 saturated carbocycles. The van der Waals surface area contributed by atoms with Gasteiger partial charge in [0, 0.05) is 25.7 Å². The van der Waals surface area contributed by atoms with Gasteiger partial charge in [0.05, 0.1) is 12.8 Å².